The molecule has 94 valence electrons. The van der Waals surface area contributed by atoms with Gasteiger partial charge in [0.15, 0.2) is 0 Å². The number of nitrogens with two attached hydrogens (primary N) is 1. The second kappa shape index (κ2) is 4.61. The summed E-state index contributed by atoms with van der Waals surface area (Å²) in [5, 5.41) is 0. The summed E-state index contributed by atoms with van der Waals surface area (Å²) in [5.74, 6) is -0.717. The van der Waals surface area contributed by atoms with Gasteiger partial charge in [0.25, 0.3) is 10.0 Å². The highest BCUT2D eigenvalue weighted by molar-refractivity contribution is 7.92. The molecule has 1 aromatic heterocycles. The summed E-state index contributed by atoms with van der Waals surface area (Å²) in [6.45, 7) is 0. The fourth-order valence-electron chi connectivity index (χ4n) is 1.36. The van der Waals surface area contributed by atoms with Crippen molar-refractivity contribution in [2.24, 2.45) is 0 Å². The van der Waals surface area contributed by atoms with Crippen LogP contribution in [0, 0.1) is 5.82 Å². The third kappa shape index (κ3) is 2.75. The highest BCUT2D eigenvalue weighted by Crippen LogP contribution is 2.17. The molecule has 2 rings (SSSR count). The summed E-state index contributed by atoms with van der Waals surface area (Å²) >= 11 is 0. The molecule has 0 saturated heterocycles. The zero-order valence-electron chi connectivity index (χ0n) is 9.17. The minimum atomic E-state index is -3.86. The first-order valence-electron chi connectivity index (χ1n) is 4.96. The van der Waals surface area contributed by atoms with Gasteiger partial charge in [0.2, 0.25) is 0 Å². The number of aromatic nitrogens is 1. The van der Waals surface area contributed by atoms with Gasteiger partial charge in [-0.05, 0) is 24.3 Å². The fourth-order valence-corrected chi connectivity index (χ4v) is 2.38. The lowest BCUT2D eigenvalue weighted by atomic mass is 10.3. The standard InChI is InChI=1S/C11H10FN3O2S/c12-8-4-11(7-14-6-8)18(16,17)15-10-3-1-2-9(13)5-10/h1-7,15H,13H2. The molecule has 0 unspecified atom stereocenters. The van der Waals surface area contributed by atoms with Crippen molar-refractivity contribution in [2.45, 2.75) is 4.90 Å². The Morgan fingerprint density at radius 2 is 2.00 bits per heavy atom. The van der Waals surface area contributed by atoms with Gasteiger partial charge in [0.1, 0.15) is 10.7 Å². The van der Waals surface area contributed by atoms with Crippen LogP contribution in [0.25, 0.3) is 0 Å². The summed E-state index contributed by atoms with van der Waals surface area (Å²) < 4.78 is 39.0. The lowest BCUT2D eigenvalue weighted by Gasteiger charge is -2.08. The molecule has 3 N–H and O–H groups in total. The van der Waals surface area contributed by atoms with Gasteiger partial charge in [-0.25, -0.2) is 12.8 Å². The molecule has 0 saturated carbocycles. The van der Waals surface area contributed by atoms with E-state index in [9.17, 15) is 12.8 Å². The van der Waals surface area contributed by atoms with Crippen LogP contribution >= 0.6 is 0 Å². The van der Waals surface area contributed by atoms with E-state index >= 15 is 0 Å². The van der Waals surface area contributed by atoms with E-state index in [0.717, 1.165) is 18.5 Å². The van der Waals surface area contributed by atoms with Crippen LogP contribution in [0.1, 0.15) is 0 Å². The molecule has 0 bridgehead atoms. The molecule has 0 atom stereocenters. The highest BCUT2D eigenvalue weighted by Gasteiger charge is 2.15. The molecular formula is C11H10FN3O2S. The fraction of sp³-hybridized carbons (Fsp3) is 0. The first-order valence-corrected chi connectivity index (χ1v) is 6.44. The molecule has 0 aliphatic carbocycles. The molecule has 2 aromatic rings. The van der Waals surface area contributed by atoms with Crippen LogP contribution < -0.4 is 10.5 Å². The lowest BCUT2D eigenvalue weighted by molar-refractivity contribution is 0.592. The molecule has 1 aromatic carbocycles. The van der Waals surface area contributed by atoms with Crippen molar-refractivity contribution in [1.82, 2.24) is 4.98 Å². The number of sulfonamides is 1. The first-order chi connectivity index (χ1) is 8.47. The summed E-state index contributed by atoms with van der Waals surface area (Å²) in [6, 6.07) is 7.13. The Kier molecular flexibility index (Phi) is 3.15. The Bertz CT molecular complexity index is 673. The Hall–Kier alpha value is -2.15. The van der Waals surface area contributed by atoms with E-state index in [4.69, 9.17) is 5.73 Å². The number of hydrogen-bond donors (Lipinski definition) is 2. The zero-order chi connectivity index (χ0) is 13.2. The number of rotatable bonds is 3. The SMILES string of the molecule is Nc1cccc(NS(=O)(=O)c2cncc(F)c2)c1. The third-order valence-corrected chi connectivity index (χ3v) is 3.48. The van der Waals surface area contributed by atoms with Crippen molar-refractivity contribution in [3.8, 4) is 0 Å². The molecule has 5 nitrogen and oxygen atoms in total. The number of anilines is 2. The van der Waals surface area contributed by atoms with Gasteiger partial charge in [-0.3, -0.25) is 9.71 Å². The number of pyridine rings is 1. The Morgan fingerprint density at radius 3 is 2.67 bits per heavy atom. The quantitative estimate of drug-likeness (QED) is 0.827. The van der Waals surface area contributed by atoms with Gasteiger partial charge < -0.3 is 5.73 Å². The molecule has 7 heteroatoms. The van der Waals surface area contributed by atoms with Gasteiger partial charge >= 0.3 is 0 Å². The number of nitrogens with zero attached hydrogens (tertiary/aromatic N) is 1. The summed E-state index contributed by atoms with van der Waals surface area (Å²) in [7, 11) is -3.86. The maximum absolute atomic E-state index is 12.9. The normalized spacial score (nSPS) is 11.2. The van der Waals surface area contributed by atoms with Crippen LogP contribution in [-0.4, -0.2) is 13.4 Å². The number of hydrogen-bond acceptors (Lipinski definition) is 4. The second-order valence-corrected chi connectivity index (χ2v) is 5.25. The average Bonchev–Trinajstić information content (AvgIpc) is 2.28. The minimum Gasteiger partial charge on any atom is -0.399 e. The summed E-state index contributed by atoms with van der Waals surface area (Å²) in [4.78, 5) is 3.25. The monoisotopic (exact) mass is 267 g/mol. The van der Waals surface area contributed by atoms with Crippen molar-refractivity contribution in [3.05, 3.63) is 48.5 Å². The Labute approximate surface area is 104 Å². The molecule has 0 aliphatic rings. The average molecular weight is 267 g/mol. The highest BCUT2D eigenvalue weighted by atomic mass is 32.2. The number of nitrogen functional groups attached to an aromatic ring is 1. The summed E-state index contributed by atoms with van der Waals surface area (Å²) in [5.41, 5.74) is 6.26. The van der Waals surface area contributed by atoms with Gasteiger partial charge in [-0.15, -0.1) is 0 Å². The molecule has 18 heavy (non-hydrogen) atoms. The molecule has 0 fully saturated rings. The van der Waals surface area contributed by atoms with Crippen LogP contribution in [-0.2, 0) is 10.0 Å². The maximum atomic E-state index is 12.9. The van der Waals surface area contributed by atoms with Gasteiger partial charge in [-0.1, -0.05) is 6.07 Å². The van der Waals surface area contributed by atoms with E-state index < -0.39 is 15.8 Å². The van der Waals surface area contributed by atoms with Crippen LogP contribution in [0.5, 0.6) is 0 Å². The van der Waals surface area contributed by atoms with Crippen molar-refractivity contribution in [2.75, 3.05) is 10.5 Å². The summed E-state index contributed by atoms with van der Waals surface area (Å²) in [6.07, 6.45) is 2.00. The van der Waals surface area contributed by atoms with E-state index in [2.05, 4.69) is 9.71 Å². The third-order valence-electron chi connectivity index (χ3n) is 2.13. The van der Waals surface area contributed by atoms with Crippen LogP contribution in [0.15, 0.2) is 47.6 Å². The van der Waals surface area contributed by atoms with E-state index in [1.165, 1.54) is 6.07 Å². The predicted octanol–water partition coefficient (Wildman–Crippen LogP) is 1.60. The van der Waals surface area contributed by atoms with E-state index in [0.29, 0.717) is 11.4 Å². The smallest absolute Gasteiger partial charge is 0.263 e. The predicted molar refractivity (Wildman–Crippen MR) is 65.9 cm³/mol. The van der Waals surface area contributed by atoms with Crippen LogP contribution in [0.3, 0.4) is 0 Å². The maximum Gasteiger partial charge on any atom is 0.263 e. The molecule has 0 radical (unpaired) electrons. The second-order valence-electron chi connectivity index (χ2n) is 3.57. The van der Waals surface area contributed by atoms with Gasteiger partial charge in [0, 0.05) is 11.9 Å². The van der Waals surface area contributed by atoms with E-state index in [-0.39, 0.29) is 4.90 Å². The number of nitrogens with one attached hydrogen (secondary N) is 1. The largest absolute Gasteiger partial charge is 0.399 e. The first kappa shape index (κ1) is 12.3. The molecule has 1 heterocycles. The zero-order valence-corrected chi connectivity index (χ0v) is 9.99. The topological polar surface area (TPSA) is 85.1 Å². The minimum absolute atomic E-state index is 0.245. The molecule has 0 spiro atoms. The molecule has 0 aliphatic heterocycles. The Balaban J connectivity index is 2.33. The van der Waals surface area contributed by atoms with Crippen molar-refractivity contribution >= 4 is 21.4 Å². The van der Waals surface area contributed by atoms with Crippen LogP contribution in [0.2, 0.25) is 0 Å². The molecule has 0 amide bonds. The Morgan fingerprint density at radius 1 is 1.22 bits per heavy atom. The lowest BCUT2D eigenvalue weighted by Crippen LogP contribution is -2.13. The number of benzene rings is 1. The van der Waals surface area contributed by atoms with E-state index in [1.807, 2.05) is 0 Å². The van der Waals surface area contributed by atoms with Crippen LogP contribution in [0.4, 0.5) is 15.8 Å². The van der Waals surface area contributed by atoms with Gasteiger partial charge in [0.05, 0.1) is 11.9 Å². The van der Waals surface area contributed by atoms with Crippen molar-refractivity contribution < 1.29 is 12.8 Å². The molecular weight excluding hydrogens is 257 g/mol. The van der Waals surface area contributed by atoms with E-state index in [1.54, 1.807) is 18.2 Å². The van der Waals surface area contributed by atoms with Crippen molar-refractivity contribution in [3.63, 3.8) is 0 Å². The van der Waals surface area contributed by atoms with Gasteiger partial charge in [-0.2, -0.15) is 0 Å². The van der Waals surface area contributed by atoms with Crippen molar-refractivity contribution in [1.29, 1.82) is 0 Å². The number of halogens is 1.